The van der Waals surface area contributed by atoms with Crippen molar-refractivity contribution in [2.45, 2.75) is 25.0 Å². The monoisotopic (exact) mass is 302 g/mol. The van der Waals surface area contributed by atoms with Gasteiger partial charge in [-0.2, -0.15) is 26.3 Å². The molecule has 0 saturated heterocycles. The molecule has 0 fully saturated rings. The Labute approximate surface area is 109 Å². The molecule has 0 bridgehead atoms. The first-order chi connectivity index (χ1) is 8.51. The lowest BCUT2D eigenvalue weighted by Crippen LogP contribution is -2.13. The molecular formula is C11H8F6OS. The molecule has 8 heteroatoms. The van der Waals surface area contributed by atoms with Crippen LogP contribution < -0.4 is 0 Å². The summed E-state index contributed by atoms with van der Waals surface area (Å²) >= 11 is 0.608. The molecule has 0 spiro atoms. The minimum atomic E-state index is -4.89. The third kappa shape index (κ3) is 4.45. The van der Waals surface area contributed by atoms with Crippen molar-refractivity contribution in [2.24, 2.45) is 0 Å². The van der Waals surface area contributed by atoms with Crippen LogP contribution in [-0.4, -0.2) is 5.12 Å². The smallest absolute Gasteiger partial charge is 0.288 e. The summed E-state index contributed by atoms with van der Waals surface area (Å²) in [6.07, 6.45) is -9.74. The maximum absolute atomic E-state index is 12.7. The lowest BCUT2D eigenvalue weighted by Gasteiger charge is -2.15. The second-order valence-electron chi connectivity index (χ2n) is 3.65. The number of carbonyl (C=O) groups excluding carboxylic acids is 1. The van der Waals surface area contributed by atoms with E-state index < -0.39 is 28.6 Å². The van der Waals surface area contributed by atoms with E-state index in [-0.39, 0.29) is 17.4 Å². The molecule has 0 radical (unpaired) electrons. The minimum Gasteiger partial charge on any atom is -0.288 e. The molecule has 106 valence electrons. The van der Waals surface area contributed by atoms with Gasteiger partial charge in [0.25, 0.3) is 0 Å². The van der Waals surface area contributed by atoms with Crippen molar-refractivity contribution >= 4 is 16.9 Å². The van der Waals surface area contributed by atoms with Gasteiger partial charge in [-0.3, -0.25) is 4.79 Å². The Balaban J connectivity index is 3.22. The van der Waals surface area contributed by atoms with Gasteiger partial charge < -0.3 is 0 Å². The Morgan fingerprint density at radius 3 is 2.11 bits per heavy atom. The fourth-order valence-electron chi connectivity index (χ4n) is 1.32. The molecule has 0 saturated carbocycles. The molecule has 19 heavy (non-hydrogen) atoms. The highest BCUT2D eigenvalue weighted by atomic mass is 32.2. The van der Waals surface area contributed by atoms with Crippen LogP contribution in [0.3, 0.4) is 0 Å². The summed E-state index contributed by atoms with van der Waals surface area (Å²) in [5, 5.41) is -0.409. The average Bonchev–Trinajstić information content (AvgIpc) is 2.23. The predicted octanol–water partition coefficient (Wildman–Crippen LogP) is 4.50. The lowest BCUT2D eigenvalue weighted by atomic mass is 10.0. The second-order valence-corrected chi connectivity index (χ2v) is 4.80. The zero-order valence-electron chi connectivity index (χ0n) is 9.52. The molecule has 0 unspecified atom stereocenters. The summed E-state index contributed by atoms with van der Waals surface area (Å²) in [4.78, 5) is 10.7. The van der Waals surface area contributed by atoms with Crippen LogP contribution in [0.5, 0.6) is 0 Å². The highest BCUT2D eigenvalue weighted by Gasteiger charge is 2.37. The van der Waals surface area contributed by atoms with Gasteiger partial charge >= 0.3 is 12.4 Å². The molecule has 0 aliphatic rings. The molecule has 0 aromatic heterocycles. The van der Waals surface area contributed by atoms with Crippen molar-refractivity contribution in [2.75, 3.05) is 0 Å². The first-order valence-corrected chi connectivity index (χ1v) is 5.91. The van der Waals surface area contributed by atoms with Crippen LogP contribution in [0.15, 0.2) is 18.2 Å². The maximum Gasteiger partial charge on any atom is 0.416 e. The third-order valence-electron chi connectivity index (χ3n) is 2.17. The van der Waals surface area contributed by atoms with Crippen LogP contribution in [0.1, 0.15) is 23.6 Å². The van der Waals surface area contributed by atoms with E-state index in [1.807, 2.05) is 0 Å². The fraction of sp³-hybridized carbons (Fsp3) is 0.364. The predicted molar refractivity (Wildman–Crippen MR) is 58.4 cm³/mol. The van der Waals surface area contributed by atoms with Crippen molar-refractivity contribution < 1.29 is 31.1 Å². The van der Waals surface area contributed by atoms with E-state index in [0.29, 0.717) is 17.8 Å². The Morgan fingerprint density at radius 2 is 1.68 bits per heavy atom. The van der Waals surface area contributed by atoms with E-state index in [0.717, 1.165) is 6.07 Å². The number of alkyl halides is 6. The van der Waals surface area contributed by atoms with Gasteiger partial charge in [-0.05, 0) is 17.7 Å². The quantitative estimate of drug-likeness (QED) is 0.748. The van der Waals surface area contributed by atoms with Crippen molar-refractivity contribution in [3.63, 3.8) is 0 Å². The SMILES string of the molecule is CC(=O)SCc1ccc(C(F)(F)F)cc1C(F)(F)F. The topological polar surface area (TPSA) is 17.1 Å². The Kier molecular flexibility index (Phi) is 4.54. The fourth-order valence-corrected chi connectivity index (χ4v) is 1.93. The summed E-state index contributed by atoms with van der Waals surface area (Å²) in [7, 11) is 0. The van der Waals surface area contributed by atoms with Gasteiger partial charge in [-0.25, -0.2) is 0 Å². The average molecular weight is 302 g/mol. The van der Waals surface area contributed by atoms with Crippen LogP contribution in [0.2, 0.25) is 0 Å². The van der Waals surface area contributed by atoms with Gasteiger partial charge in [0.1, 0.15) is 0 Å². The van der Waals surface area contributed by atoms with Crippen LogP contribution in [0, 0.1) is 0 Å². The molecule has 1 rings (SSSR count). The Hall–Kier alpha value is -1.18. The highest BCUT2D eigenvalue weighted by Crippen LogP contribution is 2.38. The van der Waals surface area contributed by atoms with Gasteiger partial charge in [-0.1, -0.05) is 17.8 Å². The van der Waals surface area contributed by atoms with Crippen molar-refractivity contribution in [3.8, 4) is 0 Å². The Bertz CT molecular complexity index is 477. The molecule has 0 N–H and O–H groups in total. The molecule has 0 heterocycles. The van der Waals surface area contributed by atoms with Gasteiger partial charge in [0.2, 0.25) is 0 Å². The zero-order chi connectivity index (χ0) is 14.8. The molecule has 1 aromatic carbocycles. The molecule has 0 amide bonds. The van der Waals surface area contributed by atoms with Crippen molar-refractivity contribution in [1.82, 2.24) is 0 Å². The Morgan fingerprint density at radius 1 is 1.11 bits per heavy atom. The number of benzene rings is 1. The highest BCUT2D eigenvalue weighted by molar-refractivity contribution is 8.12. The molecule has 0 aliphatic carbocycles. The number of halogens is 6. The van der Waals surface area contributed by atoms with Crippen LogP contribution in [0.4, 0.5) is 26.3 Å². The van der Waals surface area contributed by atoms with Gasteiger partial charge in [-0.15, -0.1) is 0 Å². The van der Waals surface area contributed by atoms with Crippen molar-refractivity contribution in [3.05, 3.63) is 34.9 Å². The van der Waals surface area contributed by atoms with Gasteiger partial charge in [0, 0.05) is 12.7 Å². The first-order valence-electron chi connectivity index (χ1n) is 4.92. The van der Waals surface area contributed by atoms with Crippen LogP contribution in [0.25, 0.3) is 0 Å². The van der Waals surface area contributed by atoms with Crippen LogP contribution in [-0.2, 0) is 22.9 Å². The first kappa shape index (κ1) is 15.9. The number of hydrogen-bond donors (Lipinski definition) is 0. The van der Waals surface area contributed by atoms with E-state index >= 15 is 0 Å². The molecule has 1 aromatic rings. The van der Waals surface area contributed by atoms with Gasteiger partial charge in [0.05, 0.1) is 11.1 Å². The largest absolute Gasteiger partial charge is 0.416 e. The normalized spacial score (nSPS) is 12.6. The van der Waals surface area contributed by atoms with E-state index in [4.69, 9.17) is 0 Å². The van der Waals surface area contributed by atoms with E-state index in [1.54, 1.807) is 0 Å². The summed E-state index contributed by atoms with van der Waals surface area (Å²) < 4.78 is 75.2. The number of rotatable bonds is 2. The summed E-state index contributed by atoms with van der Waals surface area (Å²) in [6.45, 7) is 1.17. The minimum absolute atomic E-state index is 0.0655. The van der Waals surface area contributed by atoms with Crippen LogP contribution >= 0.6 is 11.8 Å². The summed E-state index contributed by atoms with van der Waals surface area (Å²) in [5.41, 5.74) is -3.08. The molecular weight excluding hydrogens is 294 g/mol. The summed E-state index contributed by atoms with van der Waals surface area (Å²) in [6, 6.07) is 1.39. The number of carbonyl (C=O) groups is 1. The van der Waals surface area contributed by atoms with E-state index in [9.17, 15) is 31.1 Å². The van der Waals surface area contributed by atoms with E-state index in [1.165, 1.54) is 6.92 Å². The van der Waals surface area contributed by atoms with Crippen molar-refractivity contribution in [1.29, 1.82) is 0 Å². The zero-order valence-corrected chi connectivity index (χ0v) is 10.3. The third-order valence-corrected chi connectivity index (χ3v) is 3.04. The maximum atomic E-state index is 12.7. The number of hydrogen-bond acceptors (Lipinski definition) is 2. The molecule has 0 aliphatic heterocycles. The second kappa shape index (κ2) is 5.44. The summed E-state index contributed by atoms with van der Waals surface area (Å²) in [5.74, 6) is -0.317. The molecule has 1 nitrogen and oxygen atoms in total. The standard InChI is InChI=1S/C11H8F6OS/c1-6(18)19-5-7-2-3-8(10(12,13)14)4-9(7)11(15,16)17/h2-4H,5H2,1H3. The lowest BCUT2D eigenvalue weighted by molar-refractivity contribution is -0.143. The van der Waals surface area contributed by atoms with Gasteiger partial charge in [0.15, 0.2) is 5.12 Å². The molecule has 0 atom stereocenters. The number of thioether (sulfide) groups is 1. The van der Waals surface area contributed by atoms with E-state index in [2.05, 4.69) is 0 Å².